The summed E-state index contributed by atoms with van der Waals surface area (Å²) in [6, 6.07) is 12.7. The van der Waals surface area contributed by atoms with E-state index in [1.807, 2.05) is 6.92 Å². The molecule has 0 radical (unpaired) electrons. The lowest BCUT2D eigenvalue weighted by Crippen LogP contribution is -2.36. The van der Waals surface area contributed by atoms with E-state index in [1.165, 1.54) is 12.1 Å². The smallest absolute Gasteiger partial charge is 0.236 e. The molecule has 3 aromatic rings. The summed E-state index contributed by atoms with van der Waals surface area (Å²) in [5.41, 5.74) is 1.15. The van der Waals surface area contributed by atoms with Gasteiger partial charge in [-0.1, -0.05) is 31.2 Å². The highest BCUT2D eigenvalue weighted by molar-refractivity contribution is 7.91. The molecule has 0 saturated carbocycles. The first-order chi connectivity index (χ1) is 14.0. The summed E-state index contributed by atoms with van der Waals surface area (Å²) >= 11 is 0. The number of morpholine rings is 1. The zero-order chi connectivity index (χ0) is 20.4. The summed E-state index contributed by atoms with van der Waals surface area (Å²) in [6.07, 6.45) is 0.806. The average Bonchev–Trinajstić information content (AvgIpc) is 3.21. The number of halogens is 1. The zero-order valence-electron chi connectivity index (χ0n) is 16.0. The predicted octanol–water partition coefficient (Wildman–Crippen LogP) is 3.71. The van der Waals surface area contributed by atoms with Crippen LogP contribution < -0.4 is 4.90 Å². The summed E-state index contributed by atoms with van der Waals surface area (Å²) in [7, 11) is -3.95. The van der Waals surface area contributed by atoms with Gasteiger partial charge in [0.05, 0.1) is 23.7 Å². The molecule has 0 amide bonds. The number of aryl methyl sites for hydroxylation is 1. The number of hydrogen-bond donors (Lipinski definition) is 0. The molecule has 2 heterocycles. The quantitative estimate of drug-likeness (QED) is 0.631. The van der Waals surface area contributed by atoms with Gasteiger partial charge in [-0.05, 0) is 36.2 Å². The molecule has 29 heavy (non-hydrogen) atoms. The molecule has 1 aliphatic heterocycles. The van der Waals surface area contributed by atoms with Crippen molar-refractivity contribution < 1.29 is 22.0 Å². The Kier molecular flexibility index (Phi) is 5.38. The van der Waals surface area contributed by atoms with Gasteiger partial charge in [-0.15, -0.1) is 0 Å². The molecule has 0 N–H and O–H groups in total. The van der Waals surface area contributed by atoms with E-state index in [1.54, 1.807) is 41.3 Å². The van der Waals surface area contributed by atoms with Gasteiger partial charge in [0.25, 0.3) is 0 Å². The van der Waals surface area contributed by atoms with Crippen LogP contribution in [0.4, 0.5) is 10.3 Å². The van der Waals surface area contributed by atoms with E-state index in [-0.39, 0.29) is 27.3 Å². The average molecular weight is 416 g/mol. The molecule has 0 bridgehead atoms. The normalized spacial score (nSPS) is 14.9. The molecule has 1 fully saturated rings. The minimum Gasteiger partial charge on any atom is -0.419 e. The molecule has 0 aliphatic carbocycles. The van der Waals surface area contributed by atoms with E-state index < -0.39 is 15.7 Å². The van der Waals surface area contributed by atoms with Gasteiger partial charge in [-0.25, -0.2) is 12.8 Å². The van der Waals surface area contributed by atoms with Crippen LogP contribution in [0.15, 0.2) is 62.9 Å². The standard InChI is InChI=1S/C21H21FN2O4S/c1-2-15-7-9-16(10-8-15)29(25,26)20-21(24-11-13-27-14-12-24)28-19(23-20)17-5-3-4-6-18(17)22/h3-10H,2,11-14H2,1H3. The molecule has 1 aromatic heterocycles. The van der Waals surface area contributed by atoms with Crippen LogP contribution in [0.25, 0.3) is 11.5 Å². The number of anilines is 1. The van der Waals surface area contributed by atoms with Crippen LogP contribution in [0.1, 0.15) is 12.5 Å². The Balaban J connectivity index is 1.84. The van der Waals surface area contributed by atoms with E-state index in [4.69, 9.17) is 9.15 Å². The SMILES string of the molecule is CCc1ccc(S(=O)(=O)c2nc(-c3ccccc3F)oc2N2CCOCC2)cc1. The molecular formula is C21H21FN2O4S. The minimum atomic E-state index is -3.95. The predicted molar refractivity (Wildman–Crippen MR) is 106 cm³/mol. The van der Waals surface area contributed by atoms with Crippen molar-refractivity contribution in [1.29, 1.82) is 0 Å². The highest BCUT2D eigenvalue weighted by Crippen LogP contribution is 2.35. The van der Waals surface area contributed by atoms with Crippen molar-refractivity contribution in [2.75, 3.05) is 31.2 Å². The first-order valence-corrected chi connectivity index (χ1v) is 10.9. The van der Waals surface area contributed by atoms with Crippen molar-refractivity contribution in [2.45, 2.75) is 23.3 Å². The summed E-state index contributed by atoms with van der Waals surface area (Å²) in [6.45, 7) is 3.81. The molecule has 1 aliphatic rings. The van der Waals surface area contributed by atoms with Crippen molar-refractivity contribution in [2.24, 2.45) is 0 Å². The first-order valence-electron chi connectivity index (χ1n) is 9.43. The lowest BCUT2D eigenvalue weighted by atomic mass is 10.2. The van der Waals surface area contributed by atoms with Gasteiger partial charge in [0.2, 0.25) is 26.6 Å². The molecule has 6 nitrogen and oxygen atoms in total. The second-order valence-electron chi connectivity index (χ2n) is 6.71. The lowest BCUT2D eigenvalue weighted by Gasteiger charge is -2.26. The fraction of sp³-hybridized carbons (Fsp3) is 0.286. The monoisotopic (exact) mass is 416 g/mol. The Morgan fingerprint density at radius 1 is 1.07 bits per heavy atom. The Morgan fingerprint density at radius 3 is 2.41 bits per heavy atom. The third-order valence-electron chi connectivity index (χ3n) is 4.88. The van der Waals surface area contributed by atoms with Crippen molar-refractivity contribution in [3.05, 3.63) is 59.9 Å². The molecule has 0 atom stereocenters. The van der Waals surface area contributed by atoms with Crippen LogP contribution in [0.2, 0.25) is 0 Å². The highest BCUT2D eigenvalue weighted by Gasteiger charge is 2.32. The van der Waals surface area contributed by atoms with Gasteiger partial charge in [0, 0.05) is 13.1 Å². The third-order valence-corrected chi connectivity index (χ3v) is 6.55. The van der Waals surface area contributed by atoms with Gasteiger partial charge in [-0.2, -0.15) is 4.98 Å². The highest BCUT2D eigenvalue weighted by atomic mass is 32.2. The van der Waals surface area contributed by atoms with Crippen LogP contribution in [0, 0.1) is 5.82 Å². The number of hydrogen-bond acceptors (Lipinski definition) is 6. The number of sulfone groups is 1. The maximum atomic E-state index is 14.3. The minimum absolute atomic E-state index is 0.0617. The van der Waals surface area contributed by atoms with Crippen molar-refractivity contribution >= 4 is 15.7 Å². The lowest BCUT2D eigenvalue weighted by molar-refractivity contribution is 0.120. The largest absolute Gasteiger partial charge is 0.419 e. The Morgan fingerprint density at radius 2 is 1.76 bits per heavy atom. The number of oxazole rings is 1. The van der Waals surface area contributed by atoms with E-state index in [0.717, 1.165) is 12.0 Å². The number of aromatic nitrogens is 1. The second kappa shape index (κ2) is 7.96. The topological polar surface area (TPSA) is 72.6 Å². The van der Waals surface area contributed by atoms with E-state index in [2.05, 4.69) is 4.98 Å². The maximum absolute atomic E-state index is 14.3. The molecule has 8 heteroatoms. The van der Waals surface area contributed by atoms with E-state index in [9.17, 15) is 12.8 Å². The molecular weight excluding hydrogens is 395 g/mol. The van der Waals surface area contributed by atoms with Crippen LogP contribution in [0.3, 0.4) is 0 Å². The summed E-state index contributed by atoms with van der Waals surface area (Å²) in [5.74, 6) is -0.474. The van der Waals surface area contributed by atoms with Gasteiger partial charge >= 0.3 is 0 Å². The van der Waals surface area contributed by atoms with E-state index in [0.29, 0.717) is 26.3 Å². The number of rotatable bonds is 5. The summed E-state index contributed by atoms with van der Waals surface area (Å²) in [4.78, 5) is 6.12. The Labute approximate surface area is 168 Å². The third kappa shape index (κ3) is 3.77. The molecule has 2 aromatic carbocycles. The second-order valence-corrected chi connectivity index (χ2v) is 8.57. The number of benzene rings is 2. The first kappa shape index (κ1) is 19.6. The van der Waals surface area contributed by atoms with Gasteiger partial charge < -0.3 is 14.1 Å². The zero-order valence-corrected chi connectivity index (χ0v) is 16.8. The van der Waals surface area contributed by atoms with Crippen LogP contribution in [0.5, 0.6) is 0 Å². The summed E-state index contributed by atoms with van der Waals surface area (Å²) in [5, 5.41) is -0.207. The Hall–Kier alpha value is -2.71. The molecule has 4 rings (SSSR count). The van der Waals surface area contributed by atoms with Crippen molar-refractivity contribution in [3.8, 4) is 11.5 Å². The fourth-order valence-corrected chi connectivity index (χ4v) is 4.53. The molecule has 152 valence electrons. The number of ether oxygens (including phenoxy) is 1. The Bertz CT molecular complexity index is 1100. The van der Waals surface area contributed by atoms with Gasteiger partial charge in [0.1, 0.15) is 5.82 Å². The molecule has 0 spiro atoms. The van der Waals surface area contributed by atoms with Gasteiger partial charge in [-0.3, -0.25) is 0 Å². The van der Waals surface area contributed by atoms with Crippen molar-refractivity contribution in [1.82, 2.24) is 4.98 Å². The van der Waals surface area contributed by atoms with Crippen LogP contribution >= 0.6 is 0 Å². The van der Waals surface area contributed by atoms with Crippen LogP contribution in [-0.4, -0.2) is 39.7 Å². The maximum Gasteiger partial charge on any atom is 0.236 e. The number of nitrogens with zero attached hydrogens (tertiary/aromatic N) is 2. The van der Waals surface area contributed by atoms with Crippen LogP contribution in [-0.2, 0) is 21.0 Å². The van der Waals surface area contributed by atoms with Crippen molar-refractivity contribution in [3.63, 3.8) is 0 Å². The van der Waals surface area contributed by atoms with Gasteiger partial charge in [0.15, 0.2) is 0 Å². The van der Waals surface area contributed by atoms with E-state index >= 15 is 0 Å². The summed E-state index contributed by atoms with van der Waals surface area (Å²) < 4.78 is 52.2. The fourth-order valence-electron chi connectivity index (χ4n) is 3.21. The molecule has 0 unspecified atom stereocenters. The molecule has 1 saturated heterocycles.